The van der Waals surface area contributed by atoms with E-state index in [9.17, 15) is 0 Å². The smallest absolute Gasteiger partial charge is 0.0558 e. The highest BCUT2D eigenvalue weighted by molar-refractivity contribution is 6.30. The Kier molecular flexibility index (Phi) is 6.08. The zero-order valence-corrected chi connectivity index (χ0v) is 12.5. The molecule has 1 aliphatic rings. The summed E-state index contributed by atoms with van der Waals surface area (Å²) < 4.78 is 0. The van der Waals surface area contributed by atoms with Crippen molar-refractivity contribution < 1.29 is 0 Å². The number of hydrogen-bond acceptors (Lipinski definition) is 3. The predicted octanol–water partition coefficient (Wildman–Crippen LogP) is 2.95. The topological polar surface area (TPSA) is 28.2 Å². The van der Waals surface area contributed by atoms with Crippen LogP contribution >= 0.6 is 11.6 Å². The van der Waals surface area contributed by atoms with E-state index >= 15 is 0 Å². The van der Waals surface area contributed by atoms with E-state index in [2.05, 4.69) is 22.1 Å². The lowest BCUT2D eigenvalue weighted by molar-refractivity contribution is 0.197. The molecule has 19 heavy (non-hydrogen) atoms. The number of aromatic nitrogens is 1. The molecule has 0 aromatic carbocycles. The van der Waals surface area contributed by atoms with Crippen molar-refractivity contribution in [2.45, 2.75) is 32.7 Å². The summed E-state index contributed by atoms with van der Waals surface area (Å²) in [5.74, 6) is 0.826. The summed E-state index contributed by atoms with van der Waals surface area (Å²) in [6.45, 7) is 7.81. The van der Waals surface area contributed by atoms with Crippen molar-refractivity contribution in [2.24, 2.45) is 5.92 Å². The van der Waals surface area contributed by atoms with E-state index in [-0.39, 0.29) is 0 Å². The van der Waals surface area contributed by atoms with Crippen LogP contribution in [0.2, 0.25) is 5.02 Å². The fraction of sp³-hybridized carbons (Fsp3) is 0.667. The van der Waals surface area contributed by atoms with Crippen molar-refractivity contribution in [3.8, 4) is 0 Å². The van der Waals surface area contributed by atoms with Gasteiger partial charge in [0.25, 0.3) is 0 Å². The predicted molar refractivity (Wildman–Crippen MR) is 80.4 cm³/mol. The summed E-state index contributed by atoms with van der Waals surface area (Å²) in [7, 11) is 0. The largest absolute Gasteiger partial charge is 0.317 e. The van der Waals surface area contributed by atoms with Crippen LogP contribution in [0.4, 0.5) is 0 Å². The zero-order valence-electron chi connectivity index (χ0n) is 11.7. The molecule has 106 valence electrons. The molecule has 1 aromatic heterocycles. The highest BCUT2D eigenvalue weighted by atomic mass is 35.5. The molecule has 0 radical (unpaired) electrons. The van der Waals surface area contributed by atoms with E-state index in [0.717, 1.165) is 29.7 Å². The van der Waals surface area contributed by atoms with Gasteiger partial charge in [0.1, 0.15) is 0 Å². The number of pyridine rings is 1. The van der Waals surface area contributed by atoms with Crippen LogP contribution in [0.3, 0.4) is 0 Å². The number of piperidine rings is 1. The van der Waals surface area contributed by atoms with Crippen molar-refractivity contribution in [3.05, 3.63) is 29.0 Å². The van der Waals surface area contributed by atoms with Gasteiger partial charge in [-0.3, -0.25) is 9.88 Å². The number of rotatable bonds is 6. The Morgan fingerprint density at radius 1 is 1.42 bits per heavy atom. The first-order chi connectivity index (χ1) is 9.28. The third kappa shape index (κ3) is 5.09. The molecule has 0 unspecified atom stereocenters. The first-order valence-corrected chi connectivity index (χ1v) is 7.69. The monoisotopic (exact) mass is 281 g/mol. The lowest BCUT2D eigenvalue weighted by atomic mass is 9.97. The summed E-state index contributed by atoms with van der Waals surface area (Å²) >= 11 is 6.03. The van der Waals surface area contributed by atoms with Crippen LogP contribution in [0, 0.1) is 5.92 Å². The van der Waals surface area contributed by atoms with Gasteiger partial charge in [-0.1, -0.05) is 18.5 Å². The Balaban J connectivity index is 1.91. The van der Waals surface area contributed by atoms with Gasteiger partial charge in [-0.2, -0.15) is 0 Å². The van der Waals surface area contributed by atoms with E-state index in [1.165, 1.54) is 38.9 Å². The summed E-state index contributed by atoms with van der Waals surface area (Å²) in [4.78, 5) is 6.94. The van der Waals surface area contributed by atoms with E-state index in [1.54, 1.807) is 6.20 Å². The summed E-state index contributed by atoms with van der Waals surface area (Å²) in [5, 5.41) is 4.21. The molecule has 0 atom stereocenters. The van der Waals surface area contributed by atoms with Gasteiger partial charge in [0.05, 0.1) is 5.69 Å². The highest BCUT2D eigenvalue weighted by Gasteiger charge is 2.17. The number of hydrogen-bond donors (Lipinski definition) is 1. The molecule has 0 aliphatic carbocycles. The SMILES string of the molecule is CCCN(Cc1cc(Cl)ccn1)CC1CCNCC1. The lowest BCUT2D eigenvalue weighted by Gasteiger charge is -2.29. The molecule has 2 heterocycles. The quantitative estimate of drug-likeness (QED) is 0.869. The van der Waals surface area contributed by atoms with Gasteiger partial charge in [-0.05, 0) is 56.9 Å². The molecule has 0 saturated carbocycles. The van der Waals surface area contributed by atoms with Crippen LogP contribution in [0.5, 0.6) is 0 Å². The van der Waals surface area contributed by atoms with Crippen LogP contribution < -0.4 is 5.32 Å². The Morgan fingerprint density at radius 2 is 2.21 bits per heavy atom. The van der Waals surface area contributed by atoms with E-state index in [4.69, 9.17) is 11.6 Å². The Bertz CT molecular complexity index is 377. The van der Waals surface area contributed by atoms with Crippen molar-refractivity contribution >= 4 is 11.6 Å². The maximum atomic E-state index is 6.03. The minimum atomic E-state index is 0.781. The van der Waals surface area contributed by atoms with Crippen molar-refractivity contribution in [2.75, 3.05) is 26.2 Å². The summed E-state index contributed by atoms with van der Waals surface area (Å²) in [6, 6.07) is 3.81. The van der Waals surface area contributed by atoms with Crippen molar-refractivity contribution in [1.82, 2.24) is 15.2 Å². The van der Waals surface area contributed by atoms with Gasteiger partial charge in [0.2, 0.25) is 0 Å². The number of nitrogens with zero attached hydrogens (tertiary/aromatic N) is 2. The van der Waals surface area contributed by atoms with Gasteiger partial charge in [0, 0.05) is 24.3 Å². The molecule has 0 bridgehead atoms. The van der Waals surface area contributed by atoms with Gasteiger partial charge in [0.15, 0.2) is 0 Å². The molecule has 1 aromatic rings. The van der Waals surface area contributed by atoms with E-state index in [0.29, 0.717) is 0 Å². The number of nitrogens with one attached hydrogen (secondary N) is 1. The molecular formula is C15H24ClN3. The van der Waals surface area contributed by atoms with Gasteiger partial charge < -0.3 is 5.32 Å². The molecule has 2 rings (SSSR count). The first kappa shape index (κ1) is 14.8. The van der Waals surface area contributed by atoms with Crippen LogP contribution in [-0.4, -0.2) is 36.1 Å². The Hall–Kier alpha value is -0.640. The van der Waals surface area contributed by atoms with E-state index in [1.807, 2.05) is 12.1 Å². The third-order valence-electron chi connectivity index (χ3n) is 3.68. The Morgan fingerprint density at radius 3 is 2.89 bits per heavy atom. The average Bonchev–Trinajstić information content (AvgIpc) is 2.40. The molecule has 0 spiro atoms. The first-order valence-electron chi connectivity index (χ1n) is 7.31. The summed E-state index contributed by atoms with van der Waals surface area (Å²) in [6.07, 6.45) is 5.57. The molecule has 1 N–H and O–H groups in total. The summed E-state index contributed by atoms with van der Waals surface area (Å²) in [5.41, 5.74) is 1.08. The molecule has 0 amide bonds. The van der Waals surface area contributed by atoms with Gasteiger partial charge in [-0.25, -0.2) is 0 Å². The second kappa shape index (κ2) is 7.83. The van der Waals surface area contributed by atoms with Crippen LogP contribution in [0.15, 0.2) is 18.3 Å². The van der Waals surface area contributed by atoms with Crippen molar-refractivity contribution in [3.63, 3.8) is 0 Å². The average molecular weight is 282 g/mol. The molecule has 1 aliphatic heterocycles. The Labute approximate surface area is 121 Å². The minimum Gasteiger partial charge on any atom is -0.317 e. The van der Waals surface area contributed by atoms with E-state index < -0.39 is 0 Å². The second-order valence-electron chi connectivity index (χ2n) is 5.39. The van der Waals surface area contributed by atoms with Crippen molar-refractivity contribution in [1.29, 1.82) is 0 Å². The van der Waals surface area contributed by atoms with Crippen LogP contribution in [-0.2, 0) is 6.54 Å². The standard InChI is InChI=1S/C15H24ClN3/c1-2-9-19(11-13-3-6-17-7-4-13)12-15-10-14(16)5-8-18-15/h5,8,10,13,17H,2-4,6-7,9,11-12H2,1H3. The lowest BCUT2D eigenvalue weighted by Crippen LogP contribution is -2.36. The molecule has 1 saturated heterocycles. The van der Waals surface area contributed by atoms with Gasteiger partial charge in [-0.15, -0.1) is 0 Å². The zero-order chi connectivity index (χ0) is 13.5. The van der Waals surface area contributed by atoms with Gasteiger partial charge >= 0.3 is 0 Å². The van der Waals surface area contributed by atoms with Crippen LogP contribution in [0.25, 0.3) is 0 Å². The fourth-order valence-electron chi connectivity index (χ4n) is 2.74. The number of halogens is 1. The third-order valence-corrected chi connectivity index (χ3v) is 3.91. The maximum absolute atomic E-state index is 6.03. The maximum Gasteiger partial charge on any atom is 0.0558 e. The molecular weight excluding hydrogens is 258 g/mol. The van der Waals surface area contributed by atoms with Crippen LogP contribution in [0.1, 0.15) is 31.9 Å². The molecule has 3 nitrogen and oxygen atoms in total. The normalized spacial score (nSPS) is 17.0. The fourth-order valence-corrected chi connectivity index (χ4v) is 2.93. The molecule has 4 heteroatoms. The minimum absolute atomic E-state index is 0.781. The highest BCUT2D eigenvalue weighted by Crippen LogP contribution is 2.16. The molecule has 1 fully saturated rings. The second-order valence-corrected chi connectivity index (χ2v) is 5.83.